The molecule has 0 spiro atoms. The molecule has 3 heteroatoms. The minimum Gasteiger partial charge on any atom is -0.369 e. The van der Waals surface area contributed by atoms with Gasteiger partial charge in [-0.2, -0.15) is 0 Å². The van der Waals surface area contributed by atoms with E-state index in [0.717, 1.165) is 25.6 Å². The first kappa shape index (κ1) is 16.3. The first-order valence-electron chi connectivity index (χ1n) is 8.56. The zero-order chi connectivity index (χ0) is 14.9. The van der Waals surface area contributed by atoms with Crippen LogP contribution in [-0.2, 0) is 0 Å². The number of piperazine rings is 1. The van der Waals surface area contributed by atoms with Crippen LogP contribution in [0.1, 0.15) is 32.6 Å². The summed E-state index contributed by atoms with van der Waals surface area (Å²) >= 11 is 0. The first-order chi connectivity index (χ1) is 10.3. The fourth-order valence-corrected chi connectivity index (χ4v) is 3.26. The van der Waals surface area contributed by atoms with E-state index in [4.69, 9.17) is 5.73 Å². The third-order valence-corrected chi connectivity index (χ3v) is 4.73. The minimum atomic E-state index is 0.834. The van der Waals surface area contributed by atoms with Gasteiger partial charge in [0, 0.05) is 31.9 Å². The number of para-hydroxylation sites is 1. The summed E-state index contributed by atoms with van der Waals surface area (Å²) in [6.45, 7) is 9.09. The molecule has 1 aliphatic heterocycles. The van der Waals surface area contributed by atoms with E-state index in [1.807, 2.05) is 0 Å². The van der Waals surface area contributed by atoms with Gasteiger partial charge >= 0.3 is 0 Å². The fourth-order valence-electron chi connectivity index (χ4n) is 3.26. The molecule has 0 bridgehead atoms. The molecule has 0 saturated carbocycles. The Kier molecular flexibility index (Phi) is 7.04. The van der Waals surface area contributed by atoms with Crippen LogP contribution in [0.3, 0.4) is 0 Å². The number of rotatable bonds is 8. The maximum atomic E-state index is 5.67. The second kappa shape index (κ2) is 9.06. The monoisotopic (exact) mass is 289 g/mol. The molecule has 0 aliphatic carbocycles. The Balaban J connectivity index is 1.65. The molecule has 2 N–H and O–H groups in total. The number of anilines is 1. The number of hydrogen-bond acceptors (Lipinski definition) is 3. The van der Waals surface area contributed by atoms with Crippen molar-refractivity contribution >= 4 is 5.69 Å². The highest BCUT2D eigenvalue weighted by Gasteiger charge is 2.16. The molecule has 21 heavy (non-hydrogen) atoms. The van der Waals surface area contributed by atoms with Crippen LogP contribution in [0.25, 0.3) is 0 Å². The van der Waals surface area contributed by atoms with Crippen LogP contribution in [0, 0.1) is 5.92 Å². The summed E-state index contributed by atoms with van der Waals surface area (Å²) in [7, 11) is 0. The second-order valence-corrected chi connectivity index (χ2v) is 6.16. The maximum Gasteiger partial charge on any atom is 0.0367 e. The summed E-state index contributed by atoms with van der Waals surface area (Å²) in [5.41, 5.74) is 7.04. The standard InChI is InChI=1S/C18H31N3/c1-2-17(10-11-19)7-6-12-20-13-15-21(16-14-20)18-8-4-3-5-9-18/h3-5,8-9,17H,2,6-7,10-16,19H2,1H3. The lowest BCUT2D eigenvalue weighted by Crippen LogP contribution is -2.46. The van der Waals surface area contributed by atoms with Crippen LogP contribution in [0.2, 0.25) is 0 Å². The Morgan fingerprint density at radius 3 is 2.38 bits per heavy atom. The van der Waals surface area contributed by atoms with Gasteiger partial charge in [0.1, 0.15) is 0 Å². The highest BCUT2D eigenvalue weighted by atomic mass is 15.3. The third kappa shape index (κ3) is 5.33. The Bertz CT molecular complexity index is 371. The summed E-state index contributed by atoms with van der Waals surface area (Å²) in [6, 6.07) is 10.8. The molecule has 0 aromatic heterocycles. The van der Waals surface area contributed by atoms with E-state index in [1.165, 1.54) is 51.0 Å². The number of nitrogens with two attached hydrogens (primary N) is 1. The quantitative estimate of drug-likeness (QED) is 0.798. The van der Waals surface area contributed by atoms with Crippen LogP contribution in [0.5, 0.6) is 0 Å². The molecule has 1 aromatic carbocycles. The topological polar surface area (TPSA) is 32.5 Å². The molecule has 1 unspecified atom stereocenters. The second-order valence-electron chi connectivity index (χ2n) is 6.16. The molecular weight excluding hydrogens is 258 g/mol. The zero-order valence-electron chi connectivity index (χ0n) is 13.5. The van der Waals surface area contributed by atoms with Gasteiger partial charge in [-0.15, -0.1) is 0 Å². The average Bonchev–Trinajstić information content (AvgIpc) is 2.55. The van der Waals surface area contributed by atoms with E-state index in [2.05, 4.69) is 47.1 Å². The van der Waals surface area contributed by atoms with Crippen LogP contribution < -0.4 is 10.6 Å². The Morgan fingerprint density at radius 2 is 1.76 bits per heavy atom. The van der Waals surface area contributed by atoms with E-state index in [1.54, 1.807) is 0 Å². The first-order valence-corrected chi connectivity index (χ1v) is 8.56. The highest BCUT2D eigenvalue weighted by molar-refractivity contribution is 5.46. The van der Waals surface area contributed by atoms with E-state index >= 15 is 0 Å². The van der Waals surface area contributed by atoms with Gasteiger partial charge in [-0.25, -0.2) is 0 Å². The van der Waals surface area contributed by atoms with E-state index < -0.39 is 0 Å². The van der Waals surface area contributed by atoms with Gasteiger partial charge < -0.3 is 10.6 Å². The molecule has 1 heterocycles. The normalized spacial score (nSPS) is 17.9. The fraction of sp³-hybridized carbons (Fsp3) is 0.667. The van der Waals surface area contributed by atoms with Gasteiger partial charge in [-0.05, 0) is 50.4 Å². The summed E-state index contributed by atoms with van der Waals surface area (Å²) < 4.78 is 0. The molecule has 1 atom stereocenters. The number of benzene rings is 1. The molecular formula is C18H31N3. The van der Waals surface area contributed by atoms with Crippen molar-refractivity contribution in [1.82, 2.24) is 4.90 Å². The number of nitrogens with zero attached hydrogens (tertiary/aromatic N) is 2. The van der Waals surface area contributed by atoms with Crippen molar-refractivity contribution in [2.45, 2.75) is 32.6 Å². The third-order valence-electron chi connectivity index (χ3n) is 4.73. The lowest BCUT2D eigenvalue weighted by atomic mass is 9.96. The van der Waals surface area contributed by atoms with Crippen molar-refractivity contribution in [3.63, 3.8) is 0 Å². The zero-order valence-corrected chi connectivity index (χ0v) is 13.5. The predicted octanol–water partition coefficient (Wildman–Crippen LogP) is 2.96. The Hall–Kier alpha value is -1.06. The molecule has 3 nitrogen and oxygen atoms in total. The van der Waals surface area contributed by atoms with Crippen LogP contribution in [-0.4, -0.2) is 44.2 Å². The van der Waals surface area contributed by atoms with Crippen molar-refractivity contribution in [2.24, 2.45) is 11.7 Å². The Labute approximate surface area is 130 Å². The highest BCUT2D eigenvalue weighted by Crippen LogP contribution is 2.17. The smallest absolute Gasteiger partial charge is 0.0367 e. The van der Waals surface area contributed by atoms with Gasteiger partial charge in [0.15, 0.2) is 0 Å². The van der Waals surface area contributed by atoms with Crippen molar-refractivity contribution in [2.75, 3.05) is 44.2 Å². The molecule has 1 aromatic rings. The Morgan fingerprint density at radius 1 is 1.05 bits per heavy atom. The SMILES string of the molecule is CCC(CCN)CCCN1CCN(c2ccccc2)CC1. The van der Waals surface area contributed by atoms with Crippen molar-refractivity contribution in [1.29, 1.82) is 0 Å². The van der Waals surface area contributed by atoms with E-state index in [-0.39, 0.29) is 0 Å². The average molecular weight is 289 g/mol. The molecule has 0 amide bonds. The van der Waals surface area contributed by atoms with Crippen LogP contribution >= 0.6 is 0 Å². The van der Waals surface area contributed by atoms with Gasteiger partial charge in [0.2, 0.25) is 0 Å². The van der Waals surface area contributed by atoms with Crippen molar-refractivity contribution in [3.8, 4) is 0 Å². The van der Waals surface area contributed by atoms with E-state index in [9.17, 15) is 0 Å². The summed E-state index contributed by atoms with van der Waals surface area (Å²) in [5, 5.41) is 0. The van der Waals surface area contributed by atoms with Crippen molar-refractivity contribution < 1.29 is 0 Å². The lowest BCUT2D eigenvalue weighted by Gasteiger charge is -2.36. The summed E-state index contributed by atoms with van der Waals surface area (Å²) in [6.07, 6.45) is 5.13. The van der Waals surface area contributed by atoms with Gasteiger partial charge in [0.05, 0.1) is 0 Å². The van der Waals surface area contributed by atoms with Crippen molar-refractivity contribution in [3.05, 3.63) is 30.3 Å². The predicted molar refractivity (Wildman–Crippen MR) is 91.8 cm³/mol. The number of hydrogen-bond donors (Lipinski definition) is 1. The molecule has 118 valence electrons. The minimum absolute atomic E-state index is 0.834. The molecule has 0 radical (unpaired) electrons. The maximum absolute atomic E-state index is 5.67. The van der Waals surface area contributed by atoms with Crippen LogP contribution in [0.4, 0.5) is 5.69 Å². The van der Waals surface area contributed by atoms with Gasteiger partial charge in [-0.3, -0.25) is 4.90 Å². The van der Waals surface area contributed by atoms with Gasteiger partial charge in [-0.1, -0.05) is 31.5 Å². The van der Waals surface area contributed by atoms with E-state index in [0.29, 0.717) is 0 Å². The molecule has 1 fully saturated rings. The summed E-state index contributed by atoms with van der Waals surface area (Å²) in [4.78, 5) is 5.12. The largest absolute Gasteiger partial charge is 0.369 e. The van der Waals surface area contributed by atoms with Crippen LogP contribution in [0.15, 0.2) is 30.3 Å². The molecule has 2 rings (SSSR count). The molecule has 1 saturated heterocycles. The molecule has 1 aliphatic rings. The summed E-state index contributed by atoms with van der Waals surface area (Å²) in [5.74, 6) is 0.834. The van der Waals surface area contributed by atoms with Gasteiger partial charge in [0.25, 0.3) is 0 Å². The lowest BCUT2D eigenvalue weighted by molar-refractivity contribution is 0.244.